The number of thiazole rings is 1. The average molecular weight is 839 g/mol. The fraction of sp³-hybridized carbons (Fsp3) is 0.447. The molecular formula is C47H58N4O8S. The lowest BCUT2D eigenvalue weighted by Gasteiger charge is -2.36. The summed E-state index contributed by atoms with van der Waals surface area (Å²) >= 11 is 1.17. The number of carbonyl (C=O) groups excluding carboxylic acids is 4. The molecule has 320 valence electrons. The van der Waals surface area contributed by atoms with Gasteiger partial charge in [-0.1, -0.05) is 127 Å². The molecule has 4 aromatic rings. The van der Waals surface area contributed by atoms with Gasteiger partial charge in [0.25, 0.3) is 5.91 Å². The molecule has 0 radical (unpaired) electrons. The highest BCUT2D eigenvalue weighted by atomic mass is 32.1. The number of ether oxygens (including phenoxy) is 2. The summed E-state index contributed by atoms with van der Waals surface area (Å²) in [7, 11) is 1.69. The second-order valence-corrected chi connectivity index (χ2v) is 17.0. The number of hydrogen-bond donors (Lipinski definition) is 3. The van der Waals surface area contributed by atoms with E-state index in [1.165, 1.54) is 11.3 Å². The smallest absolute Gasteiger partial charge is 0.407 e. The highest BCUT2D eigenvalue weighted by molar-refractivity contribution is 7.09. The van der Waals surface area contributed by atoms with Crippen LogP contribution in [0.2, 0.25) is 0 Å². The van der Waals surface area contributed by atoms with E-state index in [9.17, 15) is 29.1 Å². The number of aromatic nitrogens is 1. The van der Waals surface area contributed by atoms with Crippen LogP contribution in [0, 0.1) is 17.8 Å². The molecule has 0 spiro atoms. The maximum atomic E-state index is 14.4. The molecule has 1 aliphatic rings. The lowest BCUT2D eigenvalue weighted by molar-refractivity contribution is -0.151. The number of hydrogen-bond acceptors (Lipinski definition) is 9. The van der Waals surface area contributed by atoms with Crippen LogP contribution in [0.1, 0.15) is 111 Å². The Morgan fingerprint density at radius 1 is 0.850 bits per heavy atom. The maximum absolute atomic E-state index is 14.4. The van der Waals surface area contributed by atoms with Gasteiger partial charge in [0.15, 0.2) is 6.10 Å². The first-order valence-corrected chi connectivity index (χ1v) is 21.7. The number of nitrogens with zero attached hydrogens (tertiary/aromatic N) is 2. The minimum Gasteiger partial charge on any atom is -0.481 e. The lowest BCUT2D eigenvalue weighted by atomic mass is 9.93. The second kappa shape index (κ2) is 21.1. The third kappa shape index (κ3) is 11.4. The molecule has 0 bridgehead atoms. The van der Waals surface area contributed by atoms with Crippen molar-refractivity contribution in [1.82, 2.24) is 20.5 Å². The number of esters is 1. The molecule has 13 heteroatoms. The van der Waals surface area contributed by atoms with Crippen LogP contribution in [0.3, 0.4) is 0 Å². The van der Waals surface area contributed by atoms with E-state index in [0.717, 1.165) is 27.8 Å². The fourth-order valence-corrected chi connectivity index (χ4v) is 8.63. The topological polar surface area (TPSA) is 164 Å². The standard InChI is InChI=1S/C47H58N4O8S/c1-8-29(5)42(50-47(57)58-26-37-35-21-15-13-19-33(35)34-20-14-16-22-36(34)37)45(54)51(7)39(28(3)4)25-40(59-41(52)9-2)44-49-38(27-60-44)43(53)48-32(23-30(6)46(55)56)24-31-17-11-10-12-18-31/h10-22,27-30,32,37,39-40,42H,8-9,23-26H2,1-7H3,(H,48,53)(H,50,57)(H,55,56). The number of amides is 3. The summed E-state index contributed by atoms with van der Waals surface area (Å²) in [5, 5.41) is 17.4. The van der Waals surface area contributed by atoms with Crippen molar-refractivity contribution in [3.8, 4) is 11.1 Å². The molecule has 3 N–H and O–H groups in total. The fourth-order valence-electron chi connectivity index (χ4n) is 7.79. The maximum Gasteiger partial charge on any atom is 0.407 e. The van der Waals surface area contributed by atoms with E-state index in [1.54, 1.807) is 31.2 Å². The highest BCUT2D eigenvalue weighted by Crippen LogP contribution is 2.44. The predicted molar refractivity (Wildman–Crippen MR) is 232 cm³/mol. The van der Waals surface area contributed by atoms with E-state index >= 15 is 0 Å². The van der Waals surface area contributed by atoms with Crippen LogP contribution in [0.5, 0.6) is 0 Å². The lowest BCUT2D eigenvalue weighted by Crippen LogP contribution is -2.54. The molecule has 3 amide bonds. The van der Waals surface area contributed by atoms with Crippen molar-refractivity contribution >= 4 is 41.2 Å². The summed E-state index contributed by atoms with van der Waals surface area (Å²) in [4.78, 5) is 72.2. The van der Waals surface area contributed by atoms with E-state index in [4.69, 9.17) is 9.47 Å². The Kier molecular flexibility index (Phi) is 16.0. The third-order valence-electron chi connectivity index (χ3n) is 11.5. The number of likely N-dealkylation sites (N-methyl/N-ethyl adjacent to an activating group) is 1. The number of rotatable bonds is 20. The molecule has 5 rings (SSSR count). The molecule has 1 heterocycles. The van der Waals surface area contributed by atoms with Gasteiger partial charge in [0.05, 0.1) is 5.92 Å². The van der Waals surface area contributed by atoms with Gasteiger partial charge in [0, 0.05) is 43.3 Å². The van der Waals surface area contributed by atoms with Gasteiger partial charge in [-0.3, -0.25) is 19.2 Å². The molecule has 6 unspecified atom stereocenters. The van der Waals surface area contributed by atoms with Gasteiger partial charge in [-0.05, 0) is 52.5 Å². The third-order valence-corrected chi connectivity index (χ3v) is 12.4. The van der Waals surface area contributed by atoms with Crippen molar-refractivity contribution in [1.29, 1.82) is 0 Å². The molecule has 1 aromatic heterocycles. The van der Waals surface area contributed by atoms with Crippen LogP contribution < -0.4 is 10.6 Å². The van der Waals surface area contributed by atoms with E-state index in [2.05, 4.69) is 27.8 Å². The van der Waals surface area contributed by atoms with Crippen molar-refractivity contribution in [3.63, 3.8) is 0 Å². The van der Waals surface area contributed by atoms with Gasteiger partial charge in [0.2, 0.25) is 5.91 Å². The zero-order valence-electron chi connectivity index (χ0n) is 35.6. The molecule has 0 saturated carbocycles. The van der Waals surface area contributed by atoms with Gasteiger partial charge in [-0.2, -0.15) is 0 Å². The van der Waals surface area contributed by atoms with Crippen LogP contribution in [-0.4, -0.2) is 76.6 Å². The number of carboxylic acids is 1. The highest BCUT2D eigenvalue weighted by Gasteiger charge is 2.37. The molecule has 3 aromatic carbocycles. The van der Waals surface area contributed by atoms with Crippen LogP contribution in [0.15, 0.2) is 84.2 Å². The van der Waals surface area contributed by atoms with Gasteiger partial charge in [-0.25, -0.2) is 9.78 Å². The number of alkyl carbamates (subject to hydrolysis) is 1. The molecule has 0 aliphatic heterocycles. The molecular weight excluding hydrogens is 781 g/mol. The summed E-state index contributed by atoms with van der Waals surface area (Å²) in [6.07, 6.45) is -0.00376. The number of benzene rings is 3. The second-order valence-electron chi connectivity index (χ2n) is 16.1. The summed E-state index contributed by atoms with van der Waals surface area (Å²) in [5.74, 6) is -3.35. The number of fused-ring (bicyclic) bond motifs is 3. The van der Waals surface area contributed by atoms with Gasteiger partial charge in [-0.15, -0.1) is 11.3 Å². The molecule has 12 nitrogen and oxygen atoms in total. The zero-order valence-corrected chi connectivity index (χ0v) is 36.4. The Bertz CT molecular complexity index is 2060. The SMILES string of the molecule is CCC(=O)OC(CC(C(C)C)N(C)C(=O)C(NC(=O)OCC1c2ccccc2-c2ccccc21)C(C)CC)c1nc(C(=O)NC(Cc2ccccc2)CC(C)C(=O)O)cs1. The molecule has 60 heavy (non-hydrogen) atoms. The summed E-state index contributed by atoms with van der Waals surface area (Å²) in [6.45, 7) is 11.2. The molecule has 0 saturated heterocycles. The largest absolute Gasteiger partial charge is 0.481 e. The quantitative estimate of drug-likeness (QED) is 0.0742. The predicted octanol–water partition coefficient (Wildman–Crippen LogP) is 8.42. The molecule has 0 fully saturated rings. The average Bonchev–Trinajstić information content (AvgIpc) is 3.86. The number of carbonyl (C=O) groups is 5. The van der Waals surface area contributed by atoms with Crippen molar-refractivity contribution < 1.29 is 38.6 Å². The zero-order chi connectivity index (χ0) is 43.5. The van der Waals surface area contributed by atoms with Crippen LogP contribution >= 0.6 is 11.3 Å². The number of aliphatic carboxylic acids is 1. The normalized spacial score (nSPS) is 15.1. The van der Waals surface area contributed by atoms with Crippen molar-refractivity contribution in [2.24, 2.45) is 17.8 Å². The van der Waals surface area contributed by atoms with Crippen molar-refractivity contribution in [3.05, 3.63) is 112 Å². The number of carboxylic acid groups (broad SMARTS) is 1. The Hall–Kier alpha value is -5.56. The number of nitrogens with one attached hydrogen (secondary N) is 2. The Labute approximate surface area is 357 Å². The Morgan fingerprint density at radius 2 is 1.47 bits per heavy atom. The van der Waals surface area contributed by atoms with E-state index in [-0.39, 0.29) is 55.2 Å². The van der Waals surface area contributed by atoms with Crippen molar-refractivity contribution in [2.45, 2.75) is 104 Å². The first-order chi connectivity index (χ1) is 28.7. The van der Waals surface area contributed by atoms with E-state index in [0.29, 0.717) is 17.8 Å². The van der Waals surface area contributed by atoms with Crippen LogP contribution in [-0.2, 0) is 30.3 Å². The van der Waals surface area contributed by atoms with E-state index in [1.807, 2.05) is 94.4 Å². The monoisotopic (exact) mass is 838 g/mol. The van der Waals surface area contributed by atoms with Crippen LogP contribution in [0.4, 0.5) is 4.79 Å². The summed E-state index contributed by atoms with van der Waals surface area (Å²) in [6, 6.07) is 23.9. The minimum absolute atomic E-state index is 0.105. The molecule has 1 aliphatic carbocycles. The van der Waals surface area contributed by atoms with E-state index < -0.39 is 54.1 Å². The molecule has 6 atom stereocenters. The summed E-state index contributed by atoms with van der Waals surface area (Å²) < 4.78 is 11.8. The first kappa shape index (κ1) is 45.5. The van der Waals surface area contributed by atoms with Gasteiger partial charge >= 0.3 is 18.0 Å². The van der Waals surface area contributed by atoms with Gasteiger partial charge < -0.3 is 30.1 Å². The first-order valence-electron chi connectivity index (χ1n) is 20.8. The van der Waals surface area contributed by atoms with Gasteiger partial charge in [0.1, 0.15) is 23.4 Å². The van der Waals surface area contributed by atoms with Crippen LogP contribution in [0.25, 0.3) is 11.1 Å². The van der Waals surface area contributed by atoms with Crippen molar-refractivity contribution in [2.75, 3.05) is 13.7 Å². The minimum atomic E-state index is -0.953. The summed E-state index contributed by atoms with van der Waals surface area (Å²) in [5.41, 5.74) is 5.48. The Morgan fingerprint density at radius 3 is 2.05 bits per heavy atom. The Balaban J connectivity index is 1.30.